The van der Waals surface area contributed by atoms with Gasteiger partial charge in [0.2, 0.25) is 0 Å². The van der Waals surface area contributed by atoms with Crippen LogP contribution in [0.2, 0.25) is 0 Å². The number of ether oxygens (including phenoxy) is 3. The van der Waals surface area contributed by atoms with E-state index < -0.39 is 59.5 Å². The van der Waals surface area contributed by atoms with E-state index in [1.165, 1.54) is 12.1 Å². The molecule has 1 aromatic carbocycles. The van der Waals surface area contributed by atoms with E-state index in [9.17, 15) is 57.5 Å². The number of rotatable bonds is 0. The molecule has 4 bridgehead atoms. The van der Waals surface area contributed by atoms with Crippen molar-refractivity contribution in [3.63, 3.8) is 0 Å². The van der Waals surface area contributed by atoms with Crippen molar-refractivity contribution in [1.82, 2.24) is 0 Å². The molecular weight excluding hydrogens is 660 g/mol. The predicted molar refractivity (Wildman–Crippen MR) is 159 cm³/mol. The third kappa shape index (κ3) is 4.62. The molecule has 260 valence electrons. The molecule has 0 amide bonds. The molecule has 2 saturated heterocycles. The zero-order valence-corrected chi connectivity index (χ0v) is 24.6. The summed E-state index contributed by atoms with van der Waals surface area (Å²) in [6, 6.07) is 2.54. The normalized spacial score (nSPS) is 35.8. The van der Waals surface area contributed by atoms with Crippen LogP contribution < -0.4 is 0 Å². The fourth-order valence-electron chi connectivity index (χ4n) is 9.40. The molecule has 10 rings (SSSR count). The standard InChI is InChI=1S/C13H12O5.C11H4O5.C9H6O5.2CH4/c14-8-3-9(15)5-1-4(8)10-6-2-7(11(5)10)13(17)18-12(6)16;12-8-3-9(13)5-2-7-6(1-4(5)8)10(14)16-11(7)15;10-2-1-3(11)5-4(2)6-7(5)9(13)14-8(6)12;;/h4-7,10-11H,1-3H2;1-2H,3H2;4-7H,1H2;2*1H4. The maximum absolute atomic E-state index is 11.9. The highest BCUT2D eigenvalue weighted by molar-refractivity contribution is 6.27. The summed E-state index contributed by atoms with van der Waals surface area (Å²) in [6.45, 7) is 0. The van der Waals surface area contributed by atoms with Crippen LogP contribution in [0.25, 0.3) is 0 Å². The van der Waals surface area contributed by atoms with Crippen LogP contribution in [0.5, 0.6) is 0 Å². The van der Waals surface area contributed by atoms with Gasteiger partial charge in [0, 0.05) is 34.8 Å². The number of benzene rings is 1. The fraction of sp³-hybridized carbons (Fsp3) is 0.486. The van der Waals surface area contributed by atoms with Gasteiger partial charge in [-0.15, -0.1) is 0 Å². The second-order valence-corrected chi connectivity index (χ2v) is 13.5. The minimum absolute atomic E-state index is 0. The van der Waals surface area contributed by atoms with E-state index in [0.29, 0.717) is 12.8 Å². The topological polar surface area (TPSA) is 233 Å². The Morgan fingerprint density at radius 2 is 0.780 bits per heavy atom. The van der Waals surface area contributed by atoms with Gasteiger partial charge in [-0.1, -0.05) is 14.9 Å². The summed E-state index contributed by atoms with van der Waals surface area (Å²) in [5, 5.41) is 0. The Morgan fingerprint density at radius 1 is 0.400 bits per heavy atom. The molecule has 10 unspecified atom stereocenters. The van der Waals surface area contributed by atoms with Crippen molar-refractivity contribution in [2.24, 2.45) is 59.2 Å². The van der Waals surface area contributed by atoms with Gasteiger partial charge < -0.3 is 14.2 Å². The Balaban J connectivity index is 0.000000128. The average molecular weight is 691 g/mol. The summed E-state index contributed by atoms with van der Waals surface area (Å²) in [5.74, 6) is -8.75. The molecule has 5 saturated carbocycles. The number of carbonyl (C=O) groups excluding carboxylic acids is 12. The van der Waals surface area contributed by atoms with Crippen LogP contribution in [0.4, 0.5) is 0 Å². The minimum atomic E-state index is -0.769. The van der Waals surface area contributed by atoms with Gasteiger partial charge in [-0.05, 0) is 36.8 Å². The molecule has 50 heavy (non-hydrogen) atoms. The van der Waals surface area contributed by atoms with Crippen molar-refractivity contribution in [2.75, 3.05) is 0 Å². The van der Waals surface area contributed by atoms with Gasteiger partial charge in [0.15, 0.2) is 11.6 Å². The number of fused-ring (bicyclic) bond motifs is 15. The van der Waals surface area contributed by atoms with E-state index in [0.717, 1.165) is 0 Å². The average Bonchev–Trinajstić information content (AvgIpc) is 3.77. The first-order chi connectivity index (χ1) is 22.8. The van der Waals surface area contributed by atoms with Crippen LogP contribution >= 0.6 is 0 Å². The minimum Gasteiger partial charge on any atom is -0.393 e. The highest BCUT2D eigenvalue weighted by Crippen LogP contribution is 2.61. The number of hydrogen-bond donors (Lipinski definition) is 0. The first kappa shape index (κ1) is 34.5. The first-order valence-electron chi connectivity index (χ1n) is 15.4. The Bertz CT molecular complexity index is 1670. The highest BCUT2D eigenvalue weighted by Gasteiger charge is 2.70. The summed E-state index contributed by atoms with van der Waals surface area (Å²) in [7, 11) is 0. The number of hydrogen-bond acceptors (Lipinski definition) is 15. The van der Waals surface area contributed by atoms with E-state index in [4.69, 9.17) is 4.74 Å². The number of carbonyl (C=O) groups is 12. The Kier molecular flexibility index (Phi) is 8.03. The third-order valence-electron chi connectivity index (χ3n) is 11.4. The number of cyclic esters (lactones) is 6. The van der Waals surface area contributed by atoms with Gasteiger partial charge in [0.25, 0.3) is 0 Å². The van der Waals surface area contributed by atoms with Crippen LogP contribution in [0.3, 0.4) is 0 Å². The number of ketones is 6. The van der Waals surface area contributed by atoms with E-state index in [1.807, 2.05) is 0 Å². The molecule has 3 aliphatic heterocycles. The smallest absolute Gasteiger partial charge is 0.346 e. The summed E-state index contributed by atoms with van der Waals surface area (Å²) in [6.07, 6.45) is 0.691. The summed E-state index contributed by atoms with van der Waals surface area (Å²) >= 11 is 0. The molecule has 0 spiro atoms. The van der Waals surface area contributed by atoms with Crippen molar-refractivity contribution in [1.29, 1.82) is 0 Å². The van der Waals surface area contributed by atoms with Crippen molar-refractivity contribution in [3.8, 4) is 0 Å². The molecule has 0 N–H and O–H groups in total. The zero-order valence-electron chi connectivity index (χ0n) is 24.6. The molecule has 15 heteroatoms. The lowest BCUT2D eigenvalue weighted by Crippen LogP contribution is -2.50. The molecule has 0 radical (unpaired) electrons. The van der Waals surface area contributed by atoms with Crippen molar-refractivity contribution in [3.05, 3.63) is 34.4 Å². The van der Waals surface area contributed by atoms with Gasteiger partial charge in [-0.2, -0.15) is 0 Å². The lowest BCUT2D eigenvalue weighted by Gasteiger charge is -2.36. The predicted octanol–water partition coefficient (Wildman–Crippen LogP) is 1.24. The van der Waals surface area contributed by atoms with Crippen LogP contribution in [0.1, 0.15) is 88.4 Å². The lowest BCUT2D eigenvalue weighted by molar-refractivity contribution is -0.170. The number of esters is 6. The maximum Gasteiger partial charge on any atom is 0.346 e. The molecular formula is C35H30O15. The second kappa shape index (κ2) is 11.6. The van der Waals surface area contributed by atoms with Crippen molar-refractivity contribution < 1.29 is 71.7 Å². The van der Waals surface area contributed by atoms with E-state index in [2.05, 4.69) is 9.47 Å². The second-order valence-electron chi connectivity index (χ2n) is 13.5. The summed E-state index contributed by atoms with van der Waals surface area (Å²) in [4.78, 5) is 137. The molecule has 10 atom stereocenters. The van der Waals surface area contributed by atoms with Crippen LogP contribution in [0.15, 0.2) is 12.1 Å². The molecule has 0 aromatic heterocycles. The van der Waals surface area contributed by atoms with E-state index in [-0.39, 0.29) is 127 Å². The van der Waals surface area contributed by atoms with Gasteiger partial charge in [-0.25, -0.2) is 9.59 Å². The zero-order chi connectivity index (χ0) is 34.1. The van der Waals surface area contributed by atoms with Gasteiger partial charge in [0.1, 0.15) is 23.1 Å². The summed E-state index contributed by atoms with van der Waals surface area (Å²) in [5.41, 5.74) is 0.532. The molecule has 6 aliphatic carbocycles. The fourth-order valence-corrected chi connectivity index (χ4v) is 9.40. The van der Waals surface area contributed by atoms with Crippen LogP contribution in [-0.4, -0.2) is 70.5 Å². The molecule has 7 fully saturated rings. The molecule has 15 nitrogen and oxygen atoms in total. The number of Topliss-reactive ketones (excluding diaryl/α,β-unsaturated/α-hetero) is 6. The van der Waals surface area contributed by atoms with E-state index in [1.54, 1.807) is 0 Å². The largest absolute Gasteiger partial charge is 0.393 e. The maximum atomic E-state index is 11.9. The summed E-state index contributed by atoms with van der Waals surface area (Å²) < 4.78 is 13.5. The lowest BCUT2D eigenvalue weighted by atomic mass is 9.59. The van der Waals surface area contributed by atoms with Gasteiger partial charge in [0.05, 0.1) is 54.1 Å². The quantitative estimate of drug-likeness (QED) is 0.161. The van der Waals surface area contributed by atoms with Gasteiger partial charge >= 0.3 is 35.8 Å². The Labute approximate surface area is 282 Å². The van der Waals surface area contributed by atoms with Crippen LogP contribution in [0, 0.1) is 59.2 Å². The van der Waals surface area contributed by atoms with Crippen LogP contribution in [-0.2, 0) is 52.6 Å². The van der Waals surface area contributed by atoms with Crippen molar-refractivity contribution >= 4 is 70.5 Å². The third-order valence-corrected chi connectivity index (χ3v) is 11.4. The first-order valence-corrected chi connectivity index (χ1v) is 15.4. The van der Waals surface area contributed by atoms with Gasteiger partial charge in [-0.3, -0.25) is 47.9 Å². The monoisotopic (exact) mass is 690 g/mol. The SMILES string of the molecule is C.C.O=C1CC(=O)C2C1C1C(=O)OC(=O)C21.O=C1CC(=O)C2CC1C1C3CC(C(=O)OC3=O)C21.O=C1CC(=O)c2cc3c(cc21)C(=O)OC3=O. The highest BCUT2D eigenvalue weighted by atomic mass is 16.6. The van der Waals surface area contributed by atoms with Crippen molar-refractivity contribution in [2.45, 2.75) is 47.0 Å². The molecule has 3 heterocycles. The Hall–Kier alpha value is -5.34. The Morgan fingerprint density at radius 3 is 1.22 bits per heavy atom. The molecule has 1 aromatic rings. The molecule has 9 aliphatic rings. The van der Waals surface area contributed by atoms with E-state index >= 15 is 0 Å².